The third-order valence-corrected chi connectivity index (χ3v) is 3.66. The molecule has 0 spiro atoms. The molecule has 0 aliphatic carbocycles. The highest BCUT2D eigenvalue weighted by molar-refractivity contribution is 7.19. The van der Waals surface area contributed by atoms with Crippen LogP contribution in [0.2, 0.25) is 0 Å². The van der Waals surface area contributed by atoms with Gasteiger partial charge < -0.3 is 9.47 Å². The molecule has 0 bridgehead atoms. The van der Waals surface area contributed by atoms with Crippen molar-refractivity contribution < 1.29 is 19.1 Å². The summed E-state index contributed by atoms with van der Waals surface area (Å²) in [5.41, 5.74) is 0.268. The summed E-state index contributed by atoms with van der Waals surface area (Å²) in [4.78, 5) is 28.1. The molecule has 2 aromatic rings. The maximum absolute atomic E-state index is 11.9. The molecular weight excluding hydrogens is 316 g/mol. The van der Waals surface area contributed by atoms with Crippen LogP contribution in [0.5, 0.6) is 0 Å². The molecule has 1 aromatic carbocycles. The summed E-state index contributed by atoms with van der Waals surface area (Å²) in [5, 5.41) is 3.47. The number of carbonyl (C=O) groups is 2. The fraction of sp³-hybridized carbons (Fsp3) is 0.312. The van der Waals surface area contributed by atoms with Crippen molar-refractivity contribution in [3.63, 3.8) is 0 Å². The van der Waals surface area contributed by atoms with Gasteiger partial charge in [-0.25, -0.2) is 14.6 Å². The number of rotatable bonds is 3. The second-order valence-electron chi connectivity index (χ2n) is 5.68. The van der Waals surface area contributed by atoms with Crippen LogP contribution < -0.4 is 5.32 Å². The zero-order valence-corrected chi connectivity index (χ0v) is 14.2. The molecule has 0 saturated carbocycles. The lowest BCUT2D eigenvalue weighted by Gasteiger charge is -2.19. The van der Waals surface area contributed by atoms with Gasteiger partial charge in [0.15, 0.2) is 5.69 Å². The van der Waals surface area contributed by atoms with Crippen molar-refractivity contribution in [2.75, 3.05) is 12.4 Å². The van der Waals surface area contributed by atoms with Gasteiger partial charge in [0.2, 0.25) is 0 Å². The van der Waals surface area contributed by atoms with E-state index in [4.69, 9.17) is 9.47 Å². The molecule has 1 N–H and O–H groups in total. The molecule has 122 valence electrons. The number of ether oxygens (including phenoxy) is 2. The quantitative estimate of drug-likeness (QED) is 0.860. The van der Waals surface area contributed by atoms with Crippen molar-refractivity contribution in [2.45, 2.75) is 26.4 Å². The molecule has 0 aliphatic heterocycles. The van der Waals surface area contributed by atoms with E-state index in [1.165, 1.54) is 18.4 Å². The van der Waals surface area contributed by atoms with Gasteiger partial charge in [0.25, 0.3) is 0 Å². The molecule has 6 nitrogen and oxygen atoms in total. The summed E-state index contributed by atoms with van der Waals surface area (Å²) in [6, 6.07) is 9.37. The number of nitrogens with zero attached hydrogens (tertiary/aromatic N) is 1. The lowest BCUT2D eigenvalue weighted by atomic mass is 10.2. The van der Waals surface area contributed by atoms with Crippen LogP contribution in [0.15, 0.2) is 30.3 Å². The zero-order chi connectivity index (χ0) is 17.0. The number of amides is 1. The highest BCUT2D eigenvalue weighted by Gasteiger charge is 2.23. The van der Waals surface area contributed by atoms with Crippen molar-refractivity contribution in [2.24, 2.45) is 0 Å². The van der Waals surface area contributed by atoms with Gasteiger partial charge in [-0.1, -0.05) is 41.7 Å². The average Bonchev–Trinajstić information content (AvgIpc) is 2.89. The highest BCUT2D eigenvalue weighted by atomic mass is 32.1. The number of anilines is 1. The molecule has 0 saturated heterocycles. The van der Waals surface area contributed by atoms with Gasteiger partial charge in [0.1, 0.15) is 15.6 Å². The first-order valence-corrected chi connectivity index (χ1v) is 7.76. The van der Waals surface area contributed by atoms with E-state index in [1.807, 2.05) is 30.3 Å². The number of hydrogen-bond acceptors (Lipinski definition) is 6. The molecule has 0 unspecified atom stereocenters. The summed E-state index contributed by atoms with van der Waals surface area (Å²) in [6.07, 6.45) is -0.647. The Morgan fingerprint density at radius 1 is 1.17 bits per heavy atom. The Labute approximate surface area is 138 Å². The van der Waals surface area contributed by atoms with Gasteiger partial charge in [-0.2, -0.15) is 0 Å². The molecule has 0 radical (unpaired) electrons. The van der Waals surface area contributed by atoms with E-state index < -0.39 is 17.7 Å². The van der Waals surface area contributed by atoms with Crippen LogP contribution in [-0.2, 0) is 9.47 Å². The van der Waals surface area contributed by atoms with Crippen LogP contribution in [0.25, 0.3) is 10.6 Å². The molecule has 1 amide bonds. The molecule has 23 heavy (non-hydrogen) atoms. The van der Waals surface area contributed by atoms with E-state index in [9.17, 15) is 9.59 Å². The summed E-state index contributed by atoms with van der Waals surface area (Å²) >= 11 is 1.19. The van der Waals surface area contributed by atoms with E-state index in [2.05, 4.69) is 10.3 Å². The largest absolute Gasteiger partial charge is 0.464 e. The fourth-order valence-electron chi connectivity index (χ4n) is 1.74. The van der Waals surface area contributed by atoms with Crippen molar-refractivity contribution in [3.8, 4) is 10.6 Å². The Kier molecular flexibility index (Phi) is 5.00. The molecular formula is C16H18N2O4S. The molecule has 1 heterocycles. The molecule has 1 aromatic heterocycles. The second kappa shape index (κ2) is 6.78. The molecule has 0 aliphatic rings. The topological polar surface area (TPSA) is 77.5 Å². The van der Waals surface area contributed by atoms with Gasteiger partial charge in [0.05, 0.1) is 7.11 Å². The Balaban J connectivity index is 2.32. The lowest BCUT2D eigenvalue weighted by molar-refractivity contribution is 0.0596. The SMILES string of the molecule is COC(=O)c1nc(-c2ccccc2)sc1NC(=O)OC(C)(C)C. The summed E-state index contributed by atoms with van der Waals surface area (Å²) < 4.78 is 9.92. The van der Waals surface area contributed by atoms with Crippen LogP contribution in [0, 0.1) is 0 Å². The third kappa shape index (κ3) is 4.53. The second-order valence-corrected chi connectivity index (χ2v) is 6.68. The highest BCUT2D eigenvalue weighted by Crippen LogP contribution is 2.32. The molecule has 7 heteroatoms. The normalized spacial score (nSPS) is 11.0. The van der Waals surface area contributed by atoms with Gasteiger partial charge >= 0.3 is 12.1 Å². The number of methoxy groups -OCH3 is 1. The van der Waals surface area contributed by atoms with Crippen LogP contribution >= 0.6 is 11.3 Å². The molecule has 2 rings (SSSR count). The monoisotopic (exact) mass is 334 g/mol. The Bertz CT molecular complexity index is 705. The van der Waals surface area contributed by atoms with Gasteiger partial charge in [0, 0.05) is 5.56 Å². The van der Waals surface area contributed by atoms with Gasteiger partial charge in [-0.15, -0.1) is 0 Å². The predicted octanol–water partition coefficient (Wildman–Crippen LogP) is 3.94. The number of carbonyl (C=O) groups excluding carboxylic acids is 2. The first-order chi connectivity index (χ1) is 10.8. The van der Waals surface area contributed by atoms with Crippen LogP contribution in [0.4, 0.5) is 9.80 Å². The number of esters is 1. The van der Waals surface area contributed by atoms with Crippen molar-refractivity contribution in [1.29, 1.82) is 0 Å². The number of nitrogens with one attached hydrogen (secondary N) is 1. The summed E-state index contributed by atoms with van der Waals surface area (Å²) in [6.45, 7) is 5.28. The van der Waals surface area contributed by atoms with Gasteiger partial charge in [-0.3, -0.25) is 5.32 Å². The zero-order valence-electron chi connectivity index (χ0n) is 13.4. The molecule has 0 atom stereocenters. The smallest absolute Gasteiger partial charge is 0.412 e. The fourth-order valence-corrected chi connectivity index (χ4v) is 2.68. The Morgan fingerprint density at radius 3 is 2.39 bits per heavy atom. The number of hydrogen-bond donors (Lipinski definition) is 1. The van der Waals surface area contributed by atoms with E-state index in [0.29, 0.717) is 10.0 Å². The number of aromatic nitrogens is 1. The van der Waals surface area contributed by atoms with E-state index >= 15 is 0 Å². The minimum atomic E-state index is -0.647. The maximum atomic E-state index is 11.9. The van der Waals surface area contributed by atoms with Gasteiger partial charge in [-0.05, 0) is 20.8 Å². The average molecular weight is 334 g/mol. The Hall–Kier alpha value is -2.41. The Morgan fingerprint density at radius 2 is 1.83 bits per heavy atom. The lowest BCUT2D eigenvalue weighted by Crippen LogP contribution is -2.27. The third-order valence-electron chi connectivity index (χ3n) is 2.64. The standard InChI is InChI=1S/C16H18N2O4S/c1-16(2,3)22-15(20)18-13-11(14(19)21-4)17-12(23-13)10-8-6-5-7-9-10/h5-9H,1-4H3,(H,18,20). The molecule has 0 fully saturated rings. The van der Waals surface area contributed by atoms with Crippen molar-refractivity contribution >= 4 is 28.4 Å². The van der Waals surface area contributed by atoms with Crippen LogP contribution in [0.3, 0.4) is 0 Å². The number of benzene rings is 1. The van der Waals surface area contributed by atoms with E-state index in [1.54, 1.807) is 20.8 Å². The van der Waals surface area contributed by atoms with Crippen LogP contribution in [-0.4, -0.2) is 29.8 Å². The summed E-state index contributed by atoms with van der Waals surface area (Å²) in [5.74, 6) is -0.616. The van der Waals surface area contributed by atoms with Crippen molar-refractivity contribution in [3.05, 3.63) is 36.0 Å². The van der Waals surface area contributed by atoms with E-state index in [-0.39, 0.29) is 5.69 Å². The minimum Gasteiger partial charge on any atom is -0.464 e. The van der Waals surface area contributed by atoms with E-state index in [0.717, 1.165) is 5.56 Å². The first kappa shape index (κ1) is 17.0. The number of thiazole rings is 1. The van der Waals surface area contributed by atoms with Crippen LogP contribution in [0.1, 0.15) is 31.3 Å². The minimum absolute atomic E-state index is 0.0576. The predicted molar refractivity (Wildman–Crippen MR) is 88.7 cm³/mol. The van der Waals surface area contributed by atoms with Crippen molar-refractivity contribution in [1.82, 2.24) is 4.98 Å². The summed E-state index contributed by atoms with van der Waals surface area (Å²) in [7, 11) is 1.27. The maximum Gasteiger partial charge on any atom is 0.412 e. The first-order valence-electron chi connectivity index (χ1n) is 6.95.